The van der Waals surface area contributed by atoms with Crippen LogP contribution in [-0.4, -0.2) is 44.3 Å². The highest BCUT2D eigenvalue weighted by atomic mass is 79.9. The summed E-state index contributed by atoms with van der Waals surface area (Å²) < 4.78 is 7.04. The van der Waals surface area contributed by atoms with Crippen LogP contribution in [0.3, 0.4) is 0 Å². The predicted octanol–water partition coefficient (Wildman–Crippen LogP) is 3.36. The summed E-state index contributed by atoms with van der Waals surface area (Å²) in [5.74, 6) is 0. The van der Waals surface area contributed by atoms with Crippen molar-refractivity contribution in [1.82, 2.24) is 10.2 Å². The van der Waals surface area contributed by atoms with Crippen molar-refractivity contribution < 1.29 is 4.74 Å². The van der Waals surface area contributed by atoms with E-state index >= 15 is 0 Å². The van der Waals surface area contributed by atoms with E-state index in [1.807, 2.05) is 0 Å². The van der Waals surface area contributed by atoms with Crippen molar-refractivity contribution in [2.24, 2.45) is 0 Å². The Morgan fingerprint density at radius 1 is 1.63 bits per heavy atom. The molecule has 108 valence electrons. The zero-order chi connectivity index (χ0) is 13.7. The molecular formula is C13H20BrClN2OS. The molecule has 0 amide bonds. The lowest BCUT2D eigenvalue weighted by molar-refractivity contribution is 0.139. The van der Waals surface area contributed by atoms with E-state index in [9.17, 15) is 0 Å². The lowest BCUT2D eigenvalue weighted by Gasteiger charge is -2.24. The number of nitrogens with zero attached hydrogens (tertiary/aromatic N) is 1. The summed E-state index contributed by atoms with van der Waals surface area (Å²) in [7, 11) is 1.75. The Morgan fingerprint density at radius 3 is 3.05 bits per heavy atom. The van der Waals surface area contributed by atoms with Gasteiger partial charge in [0.05, 0.1) is 6.61 Å². The van der Waals surface area contributed by atoms with Crippen LogP contribution in [0.5, 0.6) is 0 Å². The molecule has 0 saturated carbocycles. The van der Waals surface area contributed by atoms with Gasteiger partial charge in [-0.3, -0.25) is 4.90 Å². The topological polar surface area (TPSA) is 24.5 Å². The third-order valence-electron chi connectivity index (χ3n) is 3.33. The van der Waals surface area contributed by atoms with Crippen LogP contribution >= 0.6 is 38.9 Å². The Kier molecular flexibility index (Phi) is 6.59. The summed E-state index contributed by atoms with van der Waals surface area (Å²) >= 11 is 11.2. The van der Waals surface area contributed by atoms with Gasteiger partial charge in [0, 0.05) is 42.1 Å². The Morgan fingerprint density at radius 2 is 2.47 bits per heavy atom. The first kappa shape index (κ1) is 15.7. The molecule has 2 rings (SSSR count). The normalized spacial score (nSPS) is 19.5. The number of ether oxygens (including phenoxy) is 1. The summed E-state index contributed by atoms with van der Waals surface area (Å²) in [5.41, 5.74) is 0. The van der Waals surface area contributed by atoms with Crippen LogP contribution in [0.4, 0.5) is 0 Å². The summed E-state index contributed by atoms with van der Waals surface area (Å²) in [5, 5.41) is 3.55. The molecule has 1 aliphatic rings. The summed E-state index contributed by atoms with van der Waals surface area (Å²) in [6.45, 7) is 4.90. The second kappa shape index (κ2) is 7.96. The zero-order valence-corrected chi connectivity index (χ0v) is 14.3. The van der Waals surface area contributed by atoms with Crippen LogP contribution < -0.4 is 5.32 Å². The number of thiophene rings is 1. The number of nitrogens with one attached hydrogen (secondary N) is 1. The predicted molar refractivity (Wildman–Crippen MR) is 85.2 cm³/mol. The van der Waals surface area contributed by atoms with E-state index < -0.39 is 0 Å². The van der Waals surface area contributed by atoms with Crippen molar-refractivity contribution in [3.05, 3.63) is 19.8 Å². The van der Waals surface area contributed by atoms with Crippen LogP contribution in [0.2, 0.25) is 4.34 Å². The van der Waals surface area contributed by atoms with E-state index in [0.29, 0.717) is 6.04 Å². The molecule has 1 atom stereocenters. The Bertz CT molecular complexity index is 376. The van der Waals surface area contributed by atoms with E-state index in [0.717, 1.165) is 41.6 Å². The SMILES string of the molecule is COCCN(Cc1cc(Br)c(Cl)s1)CC1CCCN1. The van der Waals surface area contributed by atoms with E-state index in [4.69, 9.17) is 16.3 Å². The summed E-state index contributed by atoms with van der Waals surface area (Å²) in [6, 6.07) is 2.74. The van der Waals surface area contributed by atoms with Gasteiger partial charge in [0.2, 0.25) is 0 Å². The number of methoxy groups -OCH3 is 1. The van der Waals surface area contributed by atoms with Gasteiger partial charge >= 0.3 is 0 Å². The fourth-order valence-corrected chi connectivity index (χ4v) is 4.20. The molecule has 0 aromatic carbocycles. The second-order valence-corrected chi connectivity index (χ2v) is 7.45. The van der Waals surface area contributed by atoms with Crippen molar-refractivity contribution in [2.45, 2.75) is 25.4 Å². The first-order chi connectivity index (χ1) is 9.19. The molecule has 1 unspecified atom stereocenters. The highest BCUT2D eigenvalue weighted by molar-refractivity contribution is 9.10. The smallest absolute Gasteiger partial charge is 0.107 e. The number of halogens is 2. The summed E-state index contributed by atoms with van der Waals surface area (Å²) in [4.78, 5) is 3.74. The molecule has 1 aromatic heterocycles. The fraction of sp³-hybridized carbons (Fsp3) is 0.692. The van der Waals surface area contributed by atoms with Crippen LogP contribution in [0.1, 0.15) is 17.7 Å². The minimum atomic E-state index is 0.621. The fourth-order valence-electron chi connectivity index (χ4n) is 2.37. The number of hydrogen-bond donors (Lipinski definition) is 1. The minimum absolute atomic E-state index is 0.621. The third kappa shape index (κ3) is 4.99. The zero-order valence-electron chi connectivity index (χ0n) is 11.1. The lowest BCUT2D eigenvalue weighted by atomic mass is 10.2. The monoisotopic (exact) mass is 366 g/mol. The van der Waals surface area contributed by atoms with Gasteiger partial charge in [-0.05, 0) is 41.4 Å². The van der Waals surface area contributed by atoms with Gasteiger partial charge < -0.3 is 10.1 Å². The van der Waals surface area contributed by atoms with Gasteiger partial charge in [-0.25, -0.2) is 0 Å². The van der Waals surface area contributed by atoms with E-state index in [1.54, 1.807) is 18.4 Å². The molecule has 3 nitrogen and oxygen atoms in total. The maximum atomic E-state index is 6.10. The first-order valence-corrected chi connectivity index (χ1v) is 8.56. The van der Waals surface area contributed by atoms with Crippen LogP contribution in [0, 0.1) is 0 Å². The minimum Gasteiger partial charge on any atom is -0.383 e. The quantitative estimate of drug-likeness (QED) is 0.799. The second-order valence-electron chi connectivity index (χ2n) is 4.86. The van der Waals surface area contributed by atoms with Gasteiger partial charge in [0.25, 0.3) is 0 Å². The number of hydrogen-bond acceptors (Lipinski definition) is 4. The molecule has 0 spiro atoms. The molecule has 1 aromatic rings. The average Bonchev–Trinajstić information content (AvgIpc) is 2.98. The molecule has 0 aliphatic carbocycles. The molecule has 19 heavy (non-hydrogen) atoms. The van der Waals surface area contributed by atoms with Gasteiger partial charge in [0.15, 0.2) is 0 Å². The van der Waals surface area contributed by atoms with Crippen molar-refractivity contribution in [3.8, 4) is 0 Å². The molecule has 1 fully saturated rings. The Hall–Kier alpha value is 0.350. The van der Waals surface area contributed by atoms with Gasteiger partial charge in [-0.15, -0.1) is 11.3 Å². The maximum absolute atomic E-state index is 6.10. The standard InChI is InChI=1S/C13H20BrClN2OS/c1-18-6-5-17(8-10-3-2-4-16-10)9-11-7-12(14)13(15)19-11/h7,10,16H,2-6,8-9H2,1H3. The highest BCUT2D eigenvalue weighted by Crippen LogP contribution is 2.32. The van der Waals surface area contributed by atoms with Gasteiger partial charge in [0.1, 0.15) is 4.34 Å². The number of rotatable bonds is 7. The maximum Gasteiger partial charge on any atom is 0.107 e. The molecule has 6 heteroatoms. The van der Waals surface area contributed by atoms with E-state index in [1.165, 1.54) is 17.7 Å². The van der Waals surface area contributed by atoms with Crippen molar-refractivity contribution in [3.63, 3.8) is 0 Å². The van der Waals surface area contributed by atoms with Crippen LogP contribution in [0.25, 0.3) is 0 Å². The molecular weight excluding hydrogens is 348 g/mol. The molecule has 1 saturated heterocycles. The van der Waals surface area contributed by atoms with Crippen molar-refractivity contribution >= 4 is 38.9 Å². The van der Waals surface area contributed by atoms with Crippen LogP contribution in [0.15, 0.2) is 10.5 Å². The highest BCUT2D eigenvalue weighted by Gasteiger charge is 2.18. The van der Waals surface area contributed by atoms with E-state index in [2.05, 4.69) is 32.2 Å². The Balaban J connectivity index is 1.91. The van der Waals surface area contributed by atoms with Gasteiger partial charge in [-0.1, -0.05) is 11.6 Å². The molecule has 1 aliphatic heterocycles. The Labute approximate surface area is 132 Å². The molecule has 2 heterocycles. The molecule has 0 radical (unpaired) electrons. The van der Waals surface area contributed by atoms with Crippen molar-refractivity contribution in [1.29, 1.82) is 0 Å². The first-order valence-electron chi connectivity index (χ1n) is 6.57. The van der Waals surface area contributed by atoms with E-state index in [-0.39, 0.29) is 0 Å². The third-order valence-corrected chi connectivity index (χ3v) is 5.79. The van der Waals surface area contributed by atoms with Crippen LogP contribution in [-0.2, 0) is 11.3 Å². The van der Waals surface area contributed by atoms with Crippen molar-refractivity contribution in [2.75, 3.05) is 33.4 Å². The largest absolute Gasteiger partial charge is 0.383 e. The summed E-state index contributed by atoms with van der Waals surface area (Å²) in [6.07, 6.45) is 2.57. The van der Waals surface area contributed by atoms with Gasteiger partial charge in [-0.2, -0.15) is 0 Å². The molecule has 1 N–H and O–H groups in total. The molecule has 0 bridgehead atoms. The lowest BCUT2D eigenvalue weighted by Crippen LogP contribution is -2.38. The average molecular weight is 368 g/mol.